The number of hydrogen-bond acceptors (Lipinski definition) is 6. The SMILES string of the molecule is Cc1ccc(C(=O)Nc2cccc(OCc3cncc(C(N)=O)c3)c2)cc1[N+](=O)[O-]. The molecule has 3 N–H and O–H groups in total. The number of pyridine rings is 1. The fourth-order valence-electron chi connectivity index (χ4n) is 2.68. The number of primary amides is 1. The number of carbonyl (C=O) groups excluding carboxylic acids is 2. The van der Waals surface area contributed by atoms with E-state index in [1.165, 1.54) is 24.4 Å². The Morgan fingerprint density at radius 1 is 1.13 bits per heavy atom. The molecule has 30 heavy (non-hydrogen) atoms. The molecule has 3 aromatic rings. The van der Waals surface area contributed by atoms with Crippen molar-refractivity contribution in [2.75, 3.05) is 5.32 Å². The smallest absolute Gasteiger partial charge is 0.273 e. The summed E-state index contributed by atoms with van der Waals surface area (Å²) in [6.45, 7) is 1.75. The third-order valence-electron chi connectivity index (χ3n) is 4.24. The molecule has 0 saturated carbocycles. The average molecular weight is 406 g/mol. The van der Waals surface area contributed by atoms with Gasteiger partial charge in [-0.25, -0.2) is 0 Å². The van der Waals surface area contributed by atoms with Crippen LogP contribution < -0.4 is 15.8 Å². The van der Waals surface area contributed by atoms with Crippen LogP contribution in [0, 0.1) is 17.0 Å². The summed E-state index contributed by atoms with van der Waals surface area (Å²) in [4.78, 5) is 38.2. The molecule has 9 heteroatoms. The zero-order valence-corrected chi connectivity index (χ0v) is 16.0. The van der Waals surface area contributed by atoms with E-state index in [1.54, 1.807) is 43.5 Å². The van der Waals surface area contributed by atoms with Crippen molar-refractivity contribution in [1.29, 1.82) is 0 Å². The number of rotatable bonds is 7. The highest BCUT2D eigenvalue weighted by molar-refractivity contribution is 6.04. The first-order chi connectivity index (χ1) is 14.3. The van der Waals surface area contributed by atoms with Crippen LogP contribution in [-0.2, 0) is 6.61 Å². The topological polar surface area (TPSA) is 137 Å². The third-order valence-corrected chi connectivity index (χ3v) is 4.24. The Hall–Kier alpha value is -4.27. The minimum atomic E-state index is -0.578. The van der Waals surface area contributed by atoms with Gasteiger partial charge in [0, 0.05) is 46.9 Å². The van der Waals surface area contributed by atoms with Crippen LogP contribution >= 0.6 is 0 Å². The van der Waals surface area contributed by atoms with E-state index in [0.29, 0.717) is 22.6 Å². The number of amides is 2. The molecule has 152 valence electrons. The minimum Gasteiger partial charge on any atom is -0.489 e. The Bertz CT molecular complexity index is 1130. The molecule has 0 aliphatic heterocycles. The molecule has 0 saturated heterocycles. The van der Waals surface area contributed by atoms with Gasteiger partial charge in [0.1, 0.15) is 12.4 Å². The Balaban J connectivity index is 1.69. The summed E-state index contributed by atoms with van der Waals surface area (Å²) in [6, 6.07) is 12.6. The molecular formula is C21H18N4O5. The largest absolute Gasteiger partial charge is 0.489 e. The van der Waals surface area contributed by atoms with E-state index in [-0.39, 0.29) is 23.4 Å². The highest BCUT2D eigenvalue weighted by atomic mass is 16.6. The van der Waals surface area contributed by atoms with E-state index in [0.717, 1.165) is 0 Å². The molecular weight excluding hydrogens is 388 g/mol. The second kappa shape index (κ2) is 8.82. The number of benzene rings is 2. The van der Waals surface area contributed by atoms with Gasteiger partial charge in [-0.15, -0.1) is 0 Å². The number of nitrogens with one attached hydrogen (secondary N) is 1. The lowest BCUT2D eigenvalue weighted by atomic mass is 10.1. The molecule has 1 heterocycles. The van der Waals surface area contributed by atoms with Crippen molar-refractivity contribution in [1.82, 2.24) is 4.98 Å². The van der Waals surface area contributed by atoms with Crippen LogP contribution in [0.3, 0.4) is 0 Å². The van der Waals surface area contributed by atoms with Crippen molar-refractivity contribution in [3.8, 4) is 5.75 Å². The van der Waals surface area contributed by atoms with E-state index in [2.05, 4.69) is 10.3 Å². The summed E-state index contributed by atoms with van der Waals surface area (Å²) in [6.07, 6.45) is 2.93. The predicted octanol–water partition coefficient (Wildman–Crippen LogP) is 3.23. The number of nitrogens with zero attached hydrogens (tertiary/aromatic N) is 2. The number of carbonyl (C=O) groups is 2. The van der Waals surface area contributed by atoms with Crippen LogP contribution in [-0.4, -0.2) is 21.7 Å². The second-order valence-corrected chi connectivity index (χ2v) is 6.48. The molecule has 9 nitrogen and oxygen atoms in total. The standard InChI is InChI=1S/C21H18N4O5/c1-13-5-6-15(8-19(13)25(28)29)21(27)24-17-3-2-4-18(9-17)30-12-14-7-16(20(22)26)11-23-10-14/h2-11H,12H2,1H3,(H2,22,26)(H,24,27). The van der Waals surface area contributed by atoms with Gasteiger partial charge in [0.25, 0.3) is 11.6 Å². The number of aryl methyl sites for hydroxylation is 1. The third kappa shape index (κ3) is 4.96. The van der Waals surface area contributed by atoms with Crippen molar-refractivity contribution in [2.45, 2.75) is 13.5 Å². The maximum Gasteiger partial charge on any atom is 0.273 e. The molecule has 0 radical (unpaired) electrons. The van der Waals surface area contributed by atoms with Crippen LogP contribution in [0.1, 0.15) is 31.8 Å². The number of ether oxygens (including phenoxy) is 1. The Labute approximate surface area is 171 Å². The monoisotopic (exact) mass is 406 g/mol. The molecule has 3 rings (SSSR count). The molecule has 0 aliphatic rings. The molecule has 2 aromatic carbocycles. The van der Waals surface area contributed by atoms with Crippen LogP contribution in [0.25, 0.3) is 0 Å². The molecule has 0 aliphatic carbocycles. The second-order valence-electron chi connectivity index (χ2n) is 6.48. The van der Waals surface area contributed by atoms with Gasteiger partial charge in [0.2, 0.25) is 5.91 Å². The summed E-state index contributed by atoms with van der Waals surface area (Å²) in [5, 5.41) is 13.8. The van der Waals surface area contributed by atoms with Gasteiger partial charge in [-0.3, -0.25) is 24.7 Å². The molecule has 1 aromatic heterocycles. The van der Waals surface area contributed by atoms with Crippen molar-refractivity contribution in [2.24, 2.45) is 5.73 Å². The first kappa shape index (κ1) is 20.5. The molecule has 0 atom stereocenters. The number of nitro groups is 1. The number of nitro benzene ring substituents is 1. The van der Waals surface area contributed by atoms with Crippen LogP contribution in [0.4, 0.5) is 11.4 Å². The van der Waals surface area contributed by atoms with Crippen molar-refractivity contribution in [3.05, 3.63) is 93.3 Å². The van der Waals surface area contributed by atoms with Crippen LogP contribution in [0.15, 0.2) is 60.9 Å². The van der Waals surface area contributed by atoms with Gasteiger partial charge in [-0.1, -0.05) is 12.1 Å². The lowest BCUT2D eigenvalue weighted by molar-refractivity contribution is -0.385. The van der Waals surface area contributed by atoms with Gasteiger partial charge in [-0.2, -0.15) is 0 Å². The fourth-order valence-corrected chi connectivity index (χ4v) is 2.68. The van der Waals surface area contributed by atoms with E-state index in [9.17, 15) is 19.7 Å². The van der Waals surface area contributed by atoms with Crippen LogP contribution in [0.2, 0.25) is 0 Å². The van der Waals surface area contributed by atoms with Gasteiger partial charge in [0.15, 0.2) is 0 Å². The van der Waals surface area contributed by atoms with Crippen molar-refractivity contribution < 1.29 is 19.2 Å². The van der Waals surface area contributed by atoms with E-state index < -0.39 is 16.7 Å². The lowest BCUT2D eigenvalue weighted by Crippen LogP contribution is -2.12. The lowest BCUT2D eigenvalue weighted by Gasteiger charge is -2.10. The predicted molar refractivity (Wildman–Crippen MR) is 109 cm³/mol. The molecule has 0 bridgehead atoms. The normalized spacial score (nSPS) is 10.3. The summed E-state index contributed by atoms with van der Waals surface area (Å²) < 4.78 is 5.69. The molecule has 0 fully saturated rings. The maximum absolute atomic E-state index is 12.5. The number of aromatic nitrogens is 1. The first-order valence-electron chi connectivity index (χ1n) is 8.86. The van der Waals surface area contributed by atoms with Gasteiger partial charge >= 0.3 is 0 Å². The highest BCUT2D eigenvalue weighted by Gasteiger charge is 2.15. The molecule has 2 amide bonds. The van der Waals surface area contributed by atoms with Gasteiger partial charge in [-0.05, 0) is 31.2 Å². The fraction of sp³-hybridized carbons (Fsp3) is 0.0952. The Morgan fingerprint density at radius 3 is 2.67 bits per heavy atom. The quantitative estimate of drug-likeness (QED) is 0.456. The van der Waals surface area contributed by atoms with Crippen LogP contribution in [0.5, 0.6) is 5.75 Å². The molecule has 0 unspecified atom stereocenters. The van der Waals surface area contributed by atoms with E-state index >= 15 is 0 Å². The molecule has 0 spiro atoms. The van der Waals surface area contributed by atoms with Crippen molar-refractivity contribution >= 4 is 23.2 Å². The van der Waals surface area contributed by atoms with Crippen molar-refractivity contribution in [3.63, 3.8) is 0 Å². The summed E-state index contributed by atoms with van der Waals surface area (Å²) in [5.41, 5.74) is 7.17. The number of anilines is 1. The minimum absolute atomic E-state index is 0.119. The summed E-state index contributed by atoms with van der Waals surface area (Å²) in [5.74, 6) is -0.578. The zero-order chi connectivity index (χ0) is 21.7. The van der Waals surface area contributed by atoms with E-state index in [1.807, 2.05) is 0 Å². The number of hydrogen-bond donors (Lipinski definition) is 2. The van der Waals surface area contributed by atoms with Gasteiger partial charge < -0.3 is 15.8 Å². The average Bonchev–Trinajstić information content (AvgIpc) is 2.72. The highest BCUT2D eigenvalue weighted by Crippen LogP contribution is 2.22. The van der Waals surface area contributed by atoms with E-state index in [4.69, 9.17) is 10.5 Å². The Morgan fingerprint density at radius 2 is 1.93 bits per heavy atom. The summed E-state index contributed by atoms with van der Waals surface area (Å²) >= 11 is 0. The summed E-state index contributed by atoms with van der Waals surface area (Å²) in [7, 11) is 0. The first-order valence-corrected chi connectivity index (χ1v) is 8.86. The zero-order valence-electron chi connectivity index (χ0n) is 16.0. The maximum atomic E-state index is 12.5. The van der Waals surface area contributed by atoms with Gasteiger partial charge in [0.05, 0.1) is 10.5 Å². The number of nitrogens with two attached hydrogens (primary N) is 1. The Kier molecular flexibility index (Phi) is 6.02.